The Morgan fingerprint density at radius 1 is 1.35 bits per heavy atom. The minimum Gasteiger partial charge on any atom is -0.466 e. The molecule has 20 heavy (non-hydrogen) atoms. The quantitative estimate of drug-likeness (QED) is 0.685. The maximum atomic E-state index is 13.1. The van der Waals surface area contributed by atoms with Gasteiger partial charge in [-0.2, -0.15) is 13.2 Å². The van der Waals surface area contributed by atoms with Crippen molar-refractivity contribution in [1.82, 2.24) is 0 Å². The Kier molecular flexibility index (Phi) is 6.95. The highest BCUT2D eigenvalue weighted by atomic mass is 35.5. The lowest BCUT2D eigenvalue weighted by atomic mass is 10.0. The average Bonchev–Trinajstić information content (AvgIpc) is 2.27. The van der Waals surface area contributed by atoms with E-state index in [1.807, 2.05) is 0 Å². The van der Waals surface area contributed by atoms with Crippen molar-refractivity contribution >= 4 is 18.4 Å². The molecule has 114 valence electrons. The molecule has 8 heteroatoms. The fourth-order valence-electron chi connectivity index (χ4n) is 1.51. The molecule has 0 amide bonds. The van der Waals surface area contributed by atoms with Crippen LogP contribution in [0.4, 0.5) is 17.6 Å². The molecule has 2 N–H and O–H groups in total. The smallest absolute Gasteiger partial charge is 0.416 e. The summed E-state index contributed by atoms with van der Waals surface area (Å²) in [6.07, 6.45) is -4.98. The fraction of sp³-hybridized carbons (Fsp3) is 0.417. The van der Waals surface area contributed by atoms with Crippen LogP contribution in [0.15, 0.2) is 18.2 Å². The highest BCUT2D eigenvalue weighted by Crippen LogP contribution is 2.31. The van der Waals surface area contributed by atoms with Crippen molar-refractivity contribution in [1.29, 1.82) is 0 Å². The first-order chi connectivity index (χ1) is 8.74. The van der Waals surface area contributed by atoms with Crippen molar-refractivity contribution in [2.75, 3.05) is 6.61 Å². The molecule has 0 aliphatic rings. The van der Waals surface area contributed by atoms with Gasteiger partial charge in [0.05, 0.1) is 18.6 Å². The van der Waals surface area contributed by atoms with Crippen LogP contribution in [-0.4, -0.2) is 12.6 Å². The Morgan fingerprint density at radius 2 is 1.95 bits per heavy atom. The predicted molar refractivity (Wildman–Crippen MR) is 66.8 cm³/mol. The number of halogens is 5. The number of alkyl halides is 3. The van der Waals surface area contributed by atoms with Crippen LogP contribution in [0.3, 0.4) is 0 Å². The van der Waals surface area contributed by atoms with Crippen LogP contribution in [0.2, 0.25) is 0 Å². The predicted octanol–water partition coefficient (Wildman–Crippen LogP) is 3.22. The van der Waals surface area contributed by atoms with Crippen LogP contribution in [-0.2, 0) is 15.7 Å². The molecule has 3 nitrogen and oxygen atoms in total. The first kappa shape index (κ1) is 18.7. The number of esters is 1. The molecule has 0 heterocycles. The molecule has 0 saturated carbocycles. The second kappa shape index (κ2) is 7.44. The Morgan fingerprint density at radius 3 is 2.45 bits per heavy atom. The van der Waals surface area contributed by atoms with Gasteiger partial charge in [-0.05, 0) is 30.7 Å². The highest BCUT2D eigenvalue weighted by molar-refractivity contribution is 5.85. The van der Waals surface area contributed by atoms with Crippen molar-refractivity contribution in [3.63, 3.8) is 0 Å². The molecule has 1 aromatic carbocycles. The molecule has 0 spiro atoms. The van der Waals surface area contributed by atoms with Gasteiger partial charge in [0.2, 0.25) is 0 Å². The fourth-order valence-corrected chi connectivity index (χ4v) is 1.51. The zero-order valence-corrected chi connectivity index (χ0v) is 11.4. The van der Waals surface area contributed by atoms with E-state index in [9.17, 15) is 22.4 Å². The minimum absolute atomic E-state index is 0. The summed E-state index contributed by atoms with van der Waals surface area (Å²) >= 11 is 0. The van der Waals surface area contributed by atoms with Gasteiger partial charge in [-0.3, -0.25) is 4.79 Å². The van der Waals surface area contributed by atoms with E-state index >= 15 is 0 Å². The van der Waals surface area contributed by atoms with E-state index in [-0.39, 0.29) is 31.0 Å². The summed E-state index contributed by atoms with van der Waals surface area (Å²) in [7, 11) is 0. The molecule has 0 saturated heterocycles. The standard InChI is InChI=1S/C12H13F4NO2.ClH/c1-2-19-11(18)6-10(17)7-3-8(12(14,15)16)5-9(13)4-7;/h3-5,10H,2,6,17H2,1H3;1H/t10-;/m0./s1. The number of benzene rings is 1. The first-order valence-electron chi connectivity index (χ1n) is 5.53. The summed E-state index contributed by atoms with van der Waals surface area (Å²) in [6, 6.07) is 0.933. The number of hydrogen-bond acceptors (Lipinski definition) is 3. The van der Waals surface area contributed by atoms with Crippen LogP contribution in [0, 0.1) is 5.82 Å². The van der Waals surface area contributed by atoms with E-state index < -0.39 is 29.6 Å². The molecule has 0 bridgehead atoms. The van der Waals surface area contributed by atoms with Gasteiger partial charge in [-0.25, -0.2) is 4.39 Å². The van der Waals surface area contributed by atoms with Gasteiger partial charge in [0, 0.05) is 6.04 Å². The van der Waals surface area contributed by atoms with E-state index in [0.717, 1.165) is 12.1 Å². The van der Waals surface area contributed by atoms with Gasteiger partial charge < -0.3 is 10.5 Å². The van der Waals surface area contributed by atoms with E-state index in [1.54, 1.807) is 6.92 Å². The van der Waals surface area contributed by atoms with Crippen molar-refractivity contribution < 1.29 is 27.1 Å². The zero-order chi connectivity index (χ0) is 14.6. The normalized spacial score (nSPS) is 12.5. The maximum absolute atomic E-state index is 13.1. The maximum Gasteiger partial charge on any atom is 0.416 e. The van der Waals surface area contributed by atoms with Crippen LogP contribution < -0.4 is 5.73 Å². The van der Waals surface area contributed by atoms with Crippen LogP contribution >= 0.6 is 12.4 Å². The van der Waals surface area contributed by atoms with Gasteiger partial charge in [-0.15, -0.1) is 12.4 Å². The SMILES string of the molecule is CCOC(=O)C[C@H](N)c1cc(F)cc(C(F)(F)F)c1.Cl. The molecular formula is C12H14ClF4NO2. The monoisotopic (exact) mass is 315 g/mol. The van der Waals surface area contributed by atoms with Gasteiger partial charge in [-0.1, -0.05) is 0 Å². The second-order valence-corrected chi connectivity index (χ2v) is 3.89. The van der Waals surface area contributed by atoms with Crippen LogP contribution in [0.1, 0.15) is 30.5 Å². The third-order valence-electron chi connectivity index (χ3n) is 2.37. The molecule has 1 aromatic rings. The van der Waals surface area contributed by atoms with Crippen molar-refractivity contribution in [3.8, 4) is 0 Å². The lowest BCUT2D eigenvalue weighted by molar-refractivity contribution is -0.143. The largest absolute Gasteiger partial charge is 0.466 e. The summed E-state index contributed by atoms with van der Waals surface area (Å²) in [4.78, 5) is 11.2. The number of carbonyl (C=O) groups excluding carboxylic acids is 1. The molecule has 1 atom stereocenters. The zero-order valence-electron chi connectivity index (χ0n) is 10.5. The van der Waals surface area contributed by atoms with Crippen molar-refractivity contribution in [3.05, 3.63) is 35.1 Å². The van der Waals surface area contributed by atoms with Gasteiger partial charge >= 0.3 is 12.1 Å². The van der Waals surface area contributed by atoms with Gasteiger partial charge in [0.1, 0.15) is 5.82 Å². The van der Waals surface area contributed by atoms with Crippen LogP contribution in [0.5, 0.6) is 0 Å². The molecule has 0 aliphatic carbocycles. The topological polar surface area (TPSA) is 52.3 Å². The van der Waals surface area contributed by atoms with Gasteiger partial charge in [0.25, 0.3) is 0 Å². The summed E-state index contributed by atoms with van der Waals surface area (Å²) in [5.74, 6) is -1.70. The number of ether oxygens (including phenoxy) is 1. The summed E-state index contributed by atoms with van der Waals surface area (Å²) in [5.41, 5.74) is 4.34. The van der Waals surface area contributed by atoms with E-state index in [1.165, 1.54) is 0 Å². The second-order valence-electron chi connectivity index (χ2n) is 3.89. The average molecular weight is 316 g/mol. The lowest BCUT2D eigenvalue weighted by Crippen LogP contribution is -2.18. The van der Waals surface area contributed by atoms with E-state index in [4.69, 9.17) is 5.73 Å². The Balaban J connectivity index is 0.00000361. The van der Waals surface area contributed by atoms with Gasteiger partial charge in [0.15, 0.2) is 0 Å². The van der Waals surface area contributed by atoms with Crippen molar-refractivity contribution in [2.45, 2.75) is 25.6 Å². The number of hydrogen-bond donors (Lipinski definition) is 1. The van der Waals surface area contributed by atoms with E-state index in [0.29, 0.717) is 6.07 Å². The molecule has 0 fully saturated rings. The molecule has 0 radical (unpaired) electrons. The van der Waals surface area contributed by atoms with Crippen LogP contribution in [0.25, 0.3) is 0 Å². The van der Waals surface area contributed by atoms with E-state index in [2.05, 4.69) is 4.74 Å². The Bertz CT molecular complexity index is 465. The minimum atomic E-state index is -4.67. The number of nitrogens with two attached hydrogens (primary N) is 1. The first-order valence-corrected chi connectivity index (χ1v) is 5.53. The molecular weight excluding hydrogens is 302 g/mol. The molecule has 0 unspecified atom stereocenters. The number of carbonyl (C=O) groups is 1. The number of rotatable bonds is 4. The lowest BCUT2D eigenvalue weighted by Gasteiger charge is -2.14. The summed E-state index contributed by atoms with van der Waals surface area (Å²) < 4.78 is 55.2. The Labute approximate surface area is 119 Å². The third kappa shape index (κ3) is 5.34. The highest BCUT2D eigenvalue weighted by Gasteiger charge is 2.32. The summed E-state index contributed by atoms with van der Waals surface area (Å²) in [5, 5.41) is 0. The summed E-state index contributed by atoms with van der Waals surface area (Å²) in [6.45, 7) is 1.73. The molecule has 0 aliphatic heterocycles. The third-order valence-corrected chi connectivity index (χ3v) is 2.37. The molecule has 1 rings (SSSR count). The molecule has 0 aromatic heterocycles. The Hall–Kier alpha value is -1.34. The van der Waals surface area contributed by atoms with Crippen molar-refractivity contribution in [2.24, 2.45) is 5.73 Å².